The van der Waals surface area contributed by atoms with Gasteiger partial charge < -0.3 is 10.1 Å². The van der Waals surface area contributed by atoms with Gasteiger partial charge in [0.1, 0.15) is 0 Å². The highest BCUT2D eigenvalue weighted by molar-refractivity contribution is 9.10. The fraction of sp³-hybridized carbons (Fsp3) is 0.333. The zero-order valence-corrected chi connectivity index (χ0v) is 14.5. The lowest BCUT2D eigenvalue weighted by atomic mass is 9.77. The monoisotopic (exact) mass is 388 g/mol. The Labute approximate surface area is 148 Å². The van der Waals surface area contributed by atoms with Crippen LogP contribution in [0.25, 0.3) is 0 Å². The molecule has 0 saturated carbocycles. The average molecular weight is 389 g/mol. The highest BCUT2D eigenvalue weighted by Gasteiger charge is 2.40. The van der Waals surface area contributed by atoms with Gasteiger partial charge in [0.15, 0.2) is 0 Å². The molecule has 0 spiro atoms. The number of nitrogens with zero attached hydrogens (tertiary/aromatic N) is 1. The number of nitro benzene ring substituents is 1. The molecular weight excluding hydrogens is 372 g/mol. The molecule has 0 amide bonds. The first kappa shape index (κ1) is 15.6. The number of rotatable bonds is 2. The fourth-order valence-electron chi connectivity index (χ4n) is 3.80. The van der Waals surface area contributed by atoms with Crippen molar-refractivity contribution >= 4 is 27.3 Å². The first-order valence-corrected chi connectivity index (χ1v) is 8.85. The molecule has 1 fully saturated rings. The highest BCUT2D eigenvalue weighted by Crippen LogP contribution is 2.49. The molecule has 124 valence electrons. The van der Waals surface area contributed by atoms with E-state index in [9.17, 15) is 10.1 Å². The summed E-state index contributed by atoms with van der Waals surface area (Å²) < 4.78 is 7.10. The summed E-state index contributed by atoms with van der Waals surface area (Å²) in [5.41, 5.74) is 3.15. The van der Waals surface area contributed by atoms with Crippen molar-refractivity contribution in [2.45, 2.75) is 25.0 Å². The maximum Gasteiger partial charge on any atom is 0.269 e. The number of halogens is 1. The standard InChI is InChI=1S/C18H17BrN2O3/c19-12-4-1-3-11(9-12)17-14-5-2-8-24-18(14)15-10-13(21(22)23)6-7-16(15)20-17/h1,3-4,6-7,9-10,14,17-18,20H,2,5,8H2/t14-,17+,18-/m1/s1. The Bertz CT molecular complexity index is 796. The topological polar surface area (TPSA) is 64.4 Å². The predicted molar refractivity (Wildman–Crippen MR) is 95.0 cm³/mol. The Kier molecular flexibility index (Phi) is 4.02. The molecule has 5 nitrogen and oxygen atoms in total. The molecule has 2 aromatic rings. The van der Waals surface area contributed by atoms with E-state index in [0.29, 0.717) is 6.61 Å². The van der Waals surface area contributed by atoms with Gasteiger partial charge in [0.05, 0.1) is 17.1 Å². The van der Waals surface area contributed by atoms with E-state index in [1.807, 2.05) is 12.1 Å². The van der Waals surface area contributed by atoms with E-state index in [2.05, 4.69) is 33.4 Å². The van der Waals surface area contributed by atoms with E-state index < -0.39 is 0 Å². The lowest BCUT2D eigenvalue weighted by Gasteiger charge is -2.43. The Morgan fingerprint density at radius 3 is 2.92 bits per heavy atom. The summed E-state index contributed by atoms with van der Waals surface area (Å²) in [6, 6.07) is 13.4. The van der Waals surface area contributed by atoms with Crippen LogP contribution in [-0.4, -0.2) is 11.5 Å². The van der Waals surface area contributed by atoms with E-state index in [1.54, 1.807) is 18.2 Å². The smallest absolute Gasteiger partial charge is 0.269 e. The van der Waals surface area contributed by atoms with Crippen molar-refractivity contribution in [1.82, 2.24) is 0 Å². The molecule has 2 heterocycles. The fourth-order valence-corrected chi connectivity index (χ4v) is 4.22. The lowest BCUT2D eigenvalue weighted by molar-refractivity contribution is -0.385. The summed E-state index contributed by atoms with van der Waals surface area (Å²) in [6.45, 7) is 0.703. The number of anilines is 1. The molecular formula is C18H17BrN2O3. The first-order chi connectivity index (χ1) is 11.6. The Balaban J connectivity index is 1.78. The normalized spacial score (nSPS) is 25.3. The van der Waals surface area contributed by atoms with Crippen molar-refractivity contribution in [2.75, 3.05) is 11.9 Å². The summed E-state index contributed by atoms with van der Waals surface area (Å²) in [5, 5.41) is 14.7. The quantitative estimate of drug-likeness (QED) is 0.581. The van der Waals surface area contributed by atoms with Gasteiger partial charge in [0.2, 0.25) is 0 Å². The van der Waals surface area contributed by atoms with Gasteiger partial charge in [-0.3, -0.25) is 10.1 Å². The van der Waals surface area contributed by atoms with Crippen LogP contribution in [0.5, 0.6) is 0 Å². The third-order valence-electron chi connectivity index (χ3n) is 4.87. The minimum absolute atomic E-state index is 0.0983. The molecule has 24 heavy (non-hydrogen) atoms. The number of hydrogen-bond donors (Lipinski definition) is 1. The number of nitro groups is 1. The van der Waals surface area contributed by atoms with Gasteiger partial charge in [-0.05, 0) is 36.6 Å². The van der Waals surface area contributed by atoms with Crippen LogP contribution >= 0.6 is 15.9 Å². The van der Waals surface area contributed by atoms with E-state index in [0.717, 1.165) is 28.6 Å². The van der Waals surface area contributed by atoms with Crippen LogP contribution in [0.1, 0.15) is 36.1 Å². The van der Waals surface area contributed by atoms with Gasteiger partial charge in [-0.25, -0.2) is 0 Å². The summed E-state index contributed by atoms with van der Waals surface area (Å²) in [5.74, 6) is 0.266. The predicted octanol–water partition coefficient (Wildman–Crippen LogP) is 4.99. The van der Waals surface area contributed by atoms with Crippen LogP contribution in [0.4, 0.5) is 11.4 Å². The molecule has 1 N–H and O–H groups in total. The van der Waals surface area contributed by atoms with Gasteiger partial charge in [0.25, 0.3) is 5.69 Å². The van der Waals surface area contributed by atoms with E-state index in [-0.39, 0.29) is 28.7 Å². The molecule has 0 unspecified atom stereocenters. The maximum absolute atomic E-state index is 11.1. The number of nitrogens with one attached hydrogen (secondary N) is 1. The van der Waals surface area contributed by atoms with Crippen LogP contribution in [-0.2, 0) is 4.74 Å². The van der Waals surface area contributed by atoms with Crippen LogP contribution in [0.2, 0.25) is 0 Å². The highest BCUT2D eigenvalue weighted by atomic mass is 79.9. The molecule has 3 atom stereocenters. The largest absolute Gasteiger partial charge is 0.378 e. The average Bonchev–Trinajstić information content (AvgIpc) is 2.60. The van der Waals surface area contributed by atoms with Crippen LogP contribution in [0.3, 0.4) is 0 Å². The van der Waals surface area contributed by atoms with Gasteiger partial charge in [-0.1, -0.05) is 28.1 Å². The van der Waals surface area contributed by atoms with E-state index >= 15 is 0 Å². The van der Waals surface area contributed by atoms with Crippen LogP contribution < -0.4 is 5.32 Å². The lowest BCUT2D eigenvalue weighted by Crippen LogP contribution is -2.36. The van der Waals surface area contributed by atoms with Crippen molar-refractivity contribution in [3.63, 3.8) is 0 Å². The van der Waals surface area contributed by atoms with Crippen LogP contribution in [0.15, 0.2) is 46.9 Å². The van der Waals surface area contributed by atoms with Crippen molar-refractivity contribution in [3.05, 3.63) is 68.2 Å². The molecule has 6 heteroatoms. The summed E-state index contributed by atoms with van der Waals surface area (Å²) in [6.07, 6.45) is 1.95. The number of ether oxygens (including phenoxy) is 1. The number of non-ortho nitro benzene ring substituents is 1. The summed E-state index contributed by atoms with van der Waals surface area (Å²) >= 11 is 3.54. The van der Waals surface area contributed by atoms with E-state index in [4.69, 9.17) is 4.74 Å². The Morgan fingerprint density at radius 2 is 2.12 bits per heavy atom. The number of hydrogen-bond acceptors (Lipinski definition) is 4. The zero-order valence-electron chi connectivity index (χ0n) is 12.9. The molecule has 2 aliphatic heterocycles. The molecule has 0 aromatic heterocycles. The number of benzene rings is 2. The van der Waals surface area contributed by atoms with E-state index in [1.165, 1.54) is 5.56 Å². The SMILES string of the molecule is O=[N+]([O-])c1ccc2c(c1)[C@@H]1OCCC[C@@H]1[C@H](c1cccc(Br)c1)N2. The van der Waals surface area contributed by atoms with Crippen molar-refractivity contribution < 1.29 is 9.66 Å². The van der Waals surface area contributed by atoms with Crippen LogP contribution in [0, 0.1) is 16.0 Å². The Hall–Kier alpha value is -1.92. The molecule has 0 aliphatic carbocycles. The van der Waals surface area contributed by atoms with Crippen molar-refractivity contribution in [1.29, 1.82) is 0 Å². The second-order valence-corrected chi connectivity index (χ2v) is 7.22. The number of fused-ring (bicyclic) bond motifs is 3. The molecule has 0 radical (unpaired) electrons. The summed E-state index contributed by atoms with van der Waals surface area (Å²) in [4.78, 5) is 10.8. The molecule has 1 saturated heterocycles. The minimum Gasteiger partial charge on any atom is -0.378 e. The molecule has 0 bridgehead atoms. The van der Waals surface area contributed by atoms with Gasteiger partial charge in [-0.2, -0.15) is 0 Å². The first-order valence-electron chi connectivity index (χ1n) is 8.05. The van der Waals surface area contributed by atoms with Crippen molar-refractivity contribution in [3.8, 4) is 0 Å². The van der Waals surface area contributed by atoms with Gasteiger partial charge >= 0.3 is 0 Å². The Morgan fingerprint density at radius 1 is 1.25 bits per heavy atom. The third-order valence-corrected chi connectivity index (χ3v) is 5.36. The zero-order chi connectivity index (χ0) is 16.7. The molecule has 4 rings (SSSR count). The maximum atomic E-state index is 11.1. The van der Waals surface area contributed by atoms with Crippen molar-refractivity contribution in [2.24, 2.45) is 5.92 Å². The third kappa shape index (κ3) is 2.70. The molecule has 2 aromatic carbocycles. The second-order valence-electron chi connectivity index (χ2n) is 6.30. The van der Waals surface area contributed by atoms with Gasteiger partial charge in [-0.15, -0.1) is 0 Å². The minimum atomic E-state index is -0.349. The second kappa shape index (κ2) is 6.18. The summed E-state index contributed by atoms with van der Waals surface area (Å²) in [7, 11) is 0. The van der Waals surface area contributed by atoms with Gasteiger partial charge in [0, 0.05) is 40.4 Å². The molecule has 2 aliphatic rings.